The highest BCUT2D eigenvalue weighted by Gasteiger charge is 2.38. The molecule has 0 bridgehead atoms. The number of anilines is 2. The van der Waals surface area contributed by atoms with Crippen molar-refractivity contribution in [1.82, 2.24) is 15.3 Å². The molecule has 0 spiro atoms. The van der Waals surface area contributed by atoms with E-state index in [1.165, 1.54) is 42.1 Å². The van der Waals surface area contributed by atoms with E-state index in [1.807, 2.05) is 18.3 Å². The molecule has 4 nitrogen and oxygen atoms in total. The van der Waals surface area contributed by atoms with Crippen LogP contribution in [-0.4, -0.2) is 23.1 Å². The van der Waals surface area contributed by atoms with Crippen LogP contribution in [0.5, 0.6) is 0 Å². The molecule has 2 aromatic heterocycles. The lowest BCUT2D eigenvalue weighted by molar-refractivity contribution is 0.372. The van der Waals surface area contributed by atoms with E-state index in [-0.39, 0.29) is 0 Å². The smallest absolute Gasteiger partial charge is 0.188 e. The Balaban J connectivity index is 1.28. The summed E-state index contributed by atoms with van der Waals surface area (Å²) >= 11 is 1.66. The molecule has 0 amide bonds. The Kier molecular flexibility index (Phi) is 4.64. The molecule has 2 fully saturated rings. The molecule has 1 aromatic carbocycles. The van der Waals surface area contributed by atoms with Gasteiger partial charge in [0.1, 0.15) is 5.82 Å². The van der Waals surface area contributed by atoms with E-state index in [0.717, 1.165) is 35.1 Å². The van der Waals surface area contributed by atoms with Crippen LogP contribution in [0.25, 0.3) is 10.4 Å². The fraction of sp³-hybridized carbons (Fsp3) is 0.364. The van der Waals surface area contributed by atoms with Gasteiger partial charge in [0.2, 0.25) is 0 Å². The summed E-state index contributed by atoms with van der Waals surface area (Å²) in [7, 11) is 0. The number of fused-ring (bicyclic) bond motifs is 1. The van der Waals surface area contributed by atoms with E-state index in [0.29, 0.717) is 0 Å². The molecule has 1 aliphatic carbocycles. The molecule has 3 aromatic rings. The van der Waals surface area contributed by atoms with Crippen LogP contribution in [0.2, 0.25) is 0 Å². The van der Waals surface area contributed by atoms with Gasteiger partial charge in [0, 0.05) is 11.9 Å². The minimum absolute atomic E-state index is 0.775. The molecule has 138 valence electrons. The van der Waals surface area contributed by atoms with Crippen molar-refractivity contribution in [3.8, 4) is 10.4 Å². The second kappa shape index (κ2) is 7.41. The molecule has 0 unspecified atom stereocenters. The van der Waals surface area contributed by atoms with Crippen molar-refractivity contribution in [2.75, 3.05) is 18.4 Å². The van der Waals surface area contributed by atoms with Gasteiger partial charge in [0.15, 0.2) is 5.13 Å². The number of thiazole rings is 1. The SMILES string of the molecule is c1ccc(-c2cnc(Nc3cccc(C[C@H]4CC[C@@H]5CNC[C@@H]54)n3)s2)cc1. The molecule has 27 heavy (non-hydrogen) atoms. The van der Waals surface area contributed by atoms with Crippen LogP contribution >= 0.6 is 11.3 Å². The third-order valence-electron chi connectivity index (χ3n) is 5.98. The van der Waals surface area contributed by atoms with Crippen LogP contribution in [0.3, 0.4) is 0 Å². The molecule has 3 atom stereocenters. The normalized spacial score (nSPS) is 24.1. The van der Waals surface area contributed by atoms with Gasteiger partial charge in [-0.1, -0.05) is 47.7 Å². The maximum atomic E-state index is 4.86. The van der Waals surface area contributed by atoms with Gasteiger partial charge in [-0.2, -0.15) is 0 Å². The average Bonchev–Trinajstić information content (AvgIpc) is 3.42. The van der Waals surface area contributed by atoms with Crippen LogP contribution in [-0.2, 0) is 6.42 Å². The van der Waals surface area contributed by atoms with Crippen LogP contribution in [0.1, 0.15) is 18.5 Å². The maximum Gasteiger partial charge on any atom is 0.188 e. The highest BCUT2D eigenvalue weighted by molar-refractivity contribution is 7.18. The molecule has 2 N–H and O–H groups in total. The predicted molar refractivity (Wildman–Crippen MR) is 111 cm³/mol. The molecule has 5 heteroatoms. The van der Waals surface area contributed by atoms with Crippen LogP contribution < -0.4 is 10.6 Å². The van der Waals surface area contributed by atoms with Crippen LogP contribution in [0.15, 0.2) is 54.7 Å². The summed E-state index contributed by atoms with van der Waals surface area (Å²) in [4.78, 5) is 10.6. The van der Waals surface area contributed by atoms with Crippen molar-refractivity contribution in [3.05, 3.63) is 60.4 Å². The van der Waals surface area contributed by atoms with Gasteiger partial charge < -0.3 is 10.6 Å². The molecular formula is C22H24N4S. The zero-order chi connectivity index (χ0) is 18.1. The lowest BCUT2D eigenvalue weighted by atomic mass is 9.89. The van der Waals surface area contributed by atoms with Crippen molar-refractivity contribution in [1.29, 1.82) is 0 Å². The van der Waals surface area contributed by atoms with E-state index in [1.54, 1.807) is 11.3 Å². The number of rotatable bonds is 5. The Bertz CT molecular complexity index is 907. The minimum atomic E-state index is 0.775. The Labute approximate surface area is 164 Å². The summed E-state index contributed by atoms with van der Waals surface area (Å²) in [5.74, 6) is 3.40. The first-order chi connectivity index (χ1) is 13.3. The van der Waals surface area contributed by atoms with Gasteiger partial charge in [0.05, 0.1) is 4.88 Å². The van der Waals surface area contributed by atoms with Crippen LogP contribution in [0.4, 0.5) is 10.9 Å². The number of nitrogens with zero attached hydrogens (tertiary/aromatic N) is 2. The first kappa shape index (κ1) is 16.9. The number of benzene rings is 1. The highest BCUT2D eigenvalue weighted by atomic mass is 32.1. The Morgan fingerprint density at radius 2 is 1.96 bits per heavy atom. The maximum absolute atomic E-state index is 4.86. The number of hydrogen-bond acceptors (Lipinski definition) is 5. The highest BCUT2D eigenvalue weighted by Crippen LogP contribution is 2.40. The molecule has 2 aliphatic rings. The summed E-state index contributed by atoms with van der Waals surface area (Å²) < 4.78 is 0. The van der Waals surface area contributed by atoms with Crippen molar-refractivity contribution >= 4 is 22.3 Å². The van der Waals surface area contributed by atoms with Crippen LogP contribution in [0, 0.1) is 17.8 Å². The fourth-order valence-electron chi connectivity index (χ4n) is 4.63. The van der Waals surface area contributed by atoms with Crippen molar-refractivity contribution in [3.63, 3.8) is 0 Å². The van der Waals surface area contributed by atoms with Gasteiger partial charge in [-0.3, -0.25) is 0 Å². The van der Waals surface area contributed by atoms with Gasteiger partial charge in [-0.25, -0.2) is 9.97 Å². The van der Waals surface area contributed by atoms with Gasteiger partial charge >= 0.3 is 0 Å². The first-order valence-corrected chi connectivity index (χ1v) is 10.6. The third-order valence-corrected chi connectivity index (χ3v) is 6.94. The molecule has 0 radical (unpaired) electrons. The zero-order valence-corrected chi connectivity index (χ0v) is 16.1. The first-order valence-electron chi connectivity index (χ1n) is 9.80. The summed E-state index contributed by atoms with van der Waals surface area (Å²) in [6.07, 6.45) is 5.74. The topological polar surface area (TPSA) is 49.8 Å². The largest absolute Gasteiger partial charge is 0.316 e. The van der Waals surface area contributed by atoms with Gasteiger partial charge in [-0.15, -0.1) is 0 Å². The van der Waals surface area contributed by atoms with E-state index >= 15 is 0 Å². The summed E-state index contributed by atoms with van der Waals surface area (Å²) in [5, 5.41) is 7.84. The monoisotopic (exact) mass is 376 g/mol. The Morgan fingerprint density at radius 1 is 1.04 bits per heavy atom. The number of pyridine rings is 1. The molecule has 1 saturated carbocycles. The summed E-state index contributed by atoms with van der Waals surface area (Å²) in [5.41, 5.74) is 2.39. The van der Waals surface area contributed by atoms with E-state index in [2.05, 4.69) is 52.0 Å². The fourth-order valence-corrected chi connectivity index (χ4v) is 5.45. The number of hydrogen-bond donors (Lipinski definition) is 2. The van der Waals surface area contributed by atoms with E-state index in [9.17, 15) is 0 Å². The molecule has 5 rings (SSSR count). The second-order valence-corrected chi connectivity index (χ2v) is 8.69. The number of aromatic nitrogens is 2. The predicted octanol–water partition coefficient (Wildman–Crippen LogP) is 4.74. The third kappa shape index (κ3) is 3.62. The quantitative estimate of drug-likeness (QED) is 0.675. The van der Waals surface area contributed by atoms with E-state index < -0.39 is 0 Å². The molecule has 1 saturated heterocycles. The number of nitrogens with one attached hydrogen (secondary N) is 2. The van der Waals surface area contributed by atoms with Crippen molar-refractivity contribution < 1.29 is 0 Å². The summed E-state index contributed by atoms with van der Waals surface area (Å²) in [6.45, 7) is 2.40. The van der Waals surface area contributed by atoms with E-state index in [4.69, 9.17) is 4.98 Å². The Morgan fingerprint density at radius 3 is 2.89 bits per heavy atom. The zero-order valence-electron chi connectivity index (χ0n) is 15.3. The van der Waals surface area contributed by atoms with Crippen molar-refractivity contribution in [2.24, 2.45) is 17.8 Å². The Hall–Kier alpha value is -2.24. The van der Waals surface area contributed by atoms with Crippen molar-refractivity contribution in [2.45, 2.75) is 19.3 Å². The lowest BCUT2D eigenvalue weighted by Gasteiger charge is -2.17. The second-order valence-electron chi connectivity index (χ2n) is 7.66. The standard InChI is InChI=1S/C22H24N4S/c1-2-5-15(6-3-1)20-14-24-22(27-20)26-21-8-4-7-18(25-21)11-16-9-10-17-12-23-13-19(16)17/h1-8,14,16-17,19,23H,9-13H2,(H,24,25,26)/t16-,17-,19-/m1/s1. The van der Waals surface area contributed by atoms with Gasteiger partial charge in [0.25, 0.3) is 0 Å². The molecule has 1 aliphatic heterocycles. The van der Waals surface area contributed by atoms with Gasteiger partial charge in [-0.05, 0) is 67.8 Å². The lowest BCUT2D eigenvalue weighted by Crippen LogP contribution is -2.18. The molecule has 3 heterocycles. The summed E-state index contributed by atoms with van der Waals surface area (Å²) in [6, 6.07) is 16.7. The minimum Gasteiger partial charge on any atom is -0.316 e. The molecular weight excluding hydrogens is 352 g/mol. The average molecular weight is 377 g/mol.